The predicted molar refractivity (Wildman–Crippen MR) is 79.6 cm³/mol. The van der Waals surface area contributed by atoms with Gasteiger partial charge in [-0.2, -0.15) is 5.10 Å². The van der Waals surface area contributed by atoms with E-state index in [2.05, 4.69) is 15.7 Å². The monoisotopic (exact) mass is 328 g/mol. The summed E-state index contributed by atoms with van der Waals surface area (Å²) in [5.74, 6) is 0. The quantitative estimate of drug-likeness (QED) is 0.885. The van der Waals surface area contributed by atoms with Gasteiger partial charge < -0.3 is 10.6 Å². The molecule has 1 aromatic carbocycles. The maximum atomic E-state index is 12.2. The van der Waals surface area contributed by atoms with E-state index in [4.69, 9.17) is 0 Å². The van der Waals surface area contributed by atoms with Gasteiger partial charge in [-0.1, -0.05) is 6.07 Å². The summed E-state index contributed by atoms with van der Waals surface area (Å²) in [4.78, 5) is 12.4. The summed E-state index contributed by atoms with van der Waals surface area (Å²) in [7, 11) is -1.15. The first-order chi connectivity index (χ1) is 10.4. The zero-order valence-corrected chi connectivity index (χ0v) is 12.4. The van der Waals surface area contributed by atoms with Crippen LogP contribution in [0.1, 0.15) is 0 Å². The Morgan fingerprint density at radius 3 is 2.77 bits per heavy atom. The van der Waals surface area contributed by atoms with Gasteiger partial charge in [-0.15, -0.1) is 0 Å². The molecule has 1 aromatic heterocycles. The lowest BCUT2D eigenvalue weighted by atomic mass is 10.3. The molecule has 6 nitrogen and oxygen atoms in total. The van der Waals surface area contributed by atoms with Crippen LogP contribution in [-0.4, -0.2) is 32.7 Å². The molecule has 1 atom stereocenters. The van der Waals surface area contributed by atoms with E-state index in [1.54, 1.807) is 24.3 Å². The number of amides is 2. The van der Waals surface area contributed by atoms with E-state index in [0.717, 1.165) is 4.68 Å². The third-order valence-electron chi connectivity index (χ3n) is 2.64. The van der Waals surface area contributed by atoms with Gasteiger partial charge in [0.1, 0.15) is 6.54 Å². The number of urea groups is 1. The Hall–Kier alpha value is -2.29. The Labute approximate surface area is 128 Å². The van der Waals surface area contributed by atoms with Crippen molar-refractivity contribution in [3.8, 4) is 0 Å². The van der Waals surface area contributed by atoms with Crippen LogP contribution in [0.5, 0.6) is 0 Å². The fraction of sp³-hybridized carbons (Fsp3) is 0.231. The number of hydrogen-bond donors (Lipinski definition) is 2. The van der Waals surface area contributed by atoms with Gasteiger partial charge in [0, 0.05) is 33.8 Å². The van der Waals surface area contributed by atoms with Gasteiger partial charge in [-0.25, -0.2) is 13.6 Å². The first kappa shape index (κ1) is 16.1. The van der Waals surface area contributed by atoms with E-state index in [1.807, 2.05) is 0 Å². The van der Waals surface area contributed by atoms with E-state index in [1.165, 1.54) is 18.6 Å². The van der Waals surface area contributed by atoms with Crippen molar-refractivity contribution in [3.63, 3.8) is 0 Å². The molecule has 0 saturated carbocycles. The molecule has 2 amide bonds. The van der Waals surface area contributed by atoms with Crippen LogP contribution in [0.25, 0.3) is 0 Å². The molecule has 2 N–H and O–H groups in total. The van der Waals surface area contributed by atoms with Crippen molar-refractivity contribution in [3.05, 3.63) is 36.7 Å². The third-order valence-corrected chi connectivity index (χ3v) is 3.56. The van der Waals surface area contributed by atoms with Gasteiger partial charge in [0.15, 0.2) is 0 Å². The van der Waals surface area contributed by atoms with Gasteiger partial charge in [-0.3, -0.25) is 8.89 Å². The molecule has 0 fully saturated rings. The summed E-state index contributed by atoms with van der Waals surface area (Å²) in [6, 6.07) is 6.06. The number of carbonyl (C=O) groups is 1. The number of rotatable bonds is 5. The number of halogens is 2. The summed E-state index contributed by atoms with van der Waals surface area (Å²) in [6.07, 6.45) is 1.61. The topological polar surface area (TPSA) is 76.0 Å². The van der Waals surface area contributed by atoms with Crippen molar-refractivity contribution in [1.29, 1.82) is 0 Å². The highest BCUT2D eigenvalue weighted by molar-refractivity contribution is 7.84. The number of hydrogen-bond acceptors (Lipinski definition) is 3. The molecule has 22 heavy (non-hydrogen) atoms. The zero-order valence-electron chi connectivity index (χ0n) is 11.6. The normalized spacial score (nSPS) is 12.2. The smallest absolute Gasteiger partial charge is 0.308 e. The number of carbonyl (C=O) groups excluding carboxylic acids is 1. The van der Waals surface area contributed by atoms with Crippen LogP contribution in [0.15, 0.2) is 41.6 Å². The minimum Gasteiger partial charge on any atom is -0.308 e. The average Bonchev–Trinajstić information content (AvgIpc) is 2.85. The molecular weight excluding hydrogens is 314 g/mol. The molecule has 0 unspecified atom stereocenters. The van der Waals surface area contributed by atoms with Crippen molar-refractivity contribution in [2.24, 2.45) is 0 Å². The van der Waals surface area contributed by atoms with E-state index in [9.17, 15) is 17.8 Å². The molecule has 0 aliphatic carbocycles. The first-order valence-corrected chi connectivity index (χ1v) is 7.82. The highest BCUT2D eigenvalue weighted by Crippen LogP contribution is 2.14. The molecule has 0 aliphatic rings. The Balaban J connectivity index is 1.96. The number of aromatic nitrogens is 2. The minimum absolute atomic E-state index is 0.299. The summed E-state index contributed by atoms with van der Waals surface area (Å²) >= 11 is 0. The maximum Gasteiger partial charge on any atom is 0.323 e. The summed E-state index contributed by atoms with van der Waals surface area (Å²) < 4.78 is 36.8. The Kier molecular flexibility index (Phi) is 5.21. The molecule has 0 spiro atoms. The molecule has 9 heteroatoms. The molecule has 2 rings (SSSR count). The first-order valence-electron chi connectivity index (χ1n) is 6.26. The molecular formula is C13H14F2N4O2S. The summed E-state index contributed by atoms with van der Waals surface area (Å²) in [6.45, 7) is -0.534. The maximum absolute atomic E-state index is 12.2. The van der Waals surface area contributed by atoms with Crippen LogP contribution in [0, 0.1) is 0 Å². The molecule has 118 valence electrons. The average molecular weight is 328 g/mol. The van der Waals surface area contributed by atoms with E-state index >= 15 is 0 Å². The van der Waals surface area contributed by atoms with Crippen molar-refractivity contribution >= 4 is 28.2 Å². The number of nitrogens with one attached hydrogen (secondary N) is 2. The number of nitrogens with zero attached hydrogens (tertiary/aromatic N) is 2. The van der Waals surface area contributed by atoms with Crippen LogP contribution in [0.3, 0.4) is 0 Å². The SMILES string of the molecule is C[S@](=O)c1cccc(NC(=O)Nc2cnn(CC(F)F)c2)c1. The standard InChI is InChI=1S/C13H14F2N4O2S/c1-22(21)11-4-2-3-9(5-11)17-13(20)18-10-6-16-19(7-10)8-12(14)15/h2-7,12H,8H2,1H3,(H2,17,18,20)/t22-/m0/s1. The second-order valence-electron chi connectivity index (χ2n) is 4.40. The van der Waals surface area contributed by atoms with Gasteiger partial charge >= 0.3 is 6.03 Å². The molecule has 0 aliphatic heterocycles. The van der Waals surface area contributed by atoms with Crippen LogP contribution in [-0.2, 0) is 17.3 Å². The lowest BCUT2D eigenvalue weighted by molar-refractivity contribution is 0.122. The van der Waals surface area contributed by atoms with Crippen molar-refractivity contribution in [2.45, 2.75) is 17.9 Å². The van der Waals surface area contributed by atoms with Crippen LogP contribution in [0.4, 0.5) is 25.0 Å². The lowest BCUT2D eigenvalue weighted by Gasteiger charge is -2.07. The van der Waals surface area contributed by atoms with Gasteiger partial charge in [-0.05, 0) is 18.2 Å². The lowest BCUT2D eigenvalue weighted by Crippen LogP contribution is -2.19. The molecule has 1 heterocycles. The molecule has 2 aromatic rings. The fourth-order valence-electron chi connectivity index (χ4n) is 1.72. The fourth-order valence-corrected chi connectivity index (χ4v) is 2.28. The van der Waals surface area contributed by atoms with Gasteiger partial charge in [0.25, 0.3) is 6.43 Å². The summed E-state index contributed by atoms with van der Waals surface area (Å²) in [5.41, 5.74) is 0.776. The van der Waals surface area contributed by atoms with E-state index in [0.29, 0.717) is 16.3 Å². The summed E-state index contributed by atoms with van der Waals surface area (Å²) in [5, 5.41) is 8.75. The highest BCUT2D eigenvalue weighted by atomic mass is 32.2. The van der Waals surface area contributed by atoms with Crippen LogP contribution >= 0.6 is 0 Å². The van der Waals surface area contributed by atoms with E-state index in [-0.39, 0.29) is 0 Å². The zero-order chi connectivity index (χ0) is 16.1. The molecule has 0 saturated heterocycles. The van der Waals surface area contributed by atoms with Crippen molar-refractivity contribution < 1.29 is 17.8 Å². The largest absolute Gasteiger partial charge is 0.323 e. The van der Waals surface area contributed by atoms with Crippen molar-refractivity contribution in [2.75, 3.05) is 16.9 Å². The number of alkyl halides is 2. The van der Waals surface area contributed by atoms with Gasteiger partial charge in [0.2, 0.25) is 0 Å². The second kappa shape index (κ2) is 7.12. The molecule has 0 radical (unpaired) electrons. The highest BCUT2D eigenvalue weighted by Gasteiger charge is 2.08. The Morgan fingerprint density at radius 2 is 2.09 bits per heavy atom. The Bertz CT molecular complexity index is 690. The van der Waals surface area contributed by atoms with Gasteiger partial charge in [0.05, 0.1) is 11.9 Å². The predicted octanol–water partition coefficient (Wildman–Crippen LogP) is 2.53. The molecule has 0 bridgehead atoms. The Morgan fingerprint density at radius 1 is 1.36 bits per heavy atom. The van der Waals surface area contributed by atoms with Crippen molar-refractivity contribution in [1.82, 2.24) is 9.78 Å². The third kappa shape index (κ3) is 4.62. The van der Waals surface area contributed by atoms with E-state index < -0.39 is 29.8 Å². The number of benzene rings is 1. The minimum atomic E-state index is -2.51. The van der Waals surface area contributed by atoms with Crippen LogP contribution < -0.4 is 10.6 Å². The number of anilines is 2. The second-order valence-corrected chi connectivity index (χ2v) is 5.78. The van der Waals surface area contributed by atoms with Crippen LogP contribution in [0.2, 0.25) is 0 Å².